The predicted molar refractivity (Wildman–Crippen MR) is 58.1 cm³/mol. The Balaban J connectivity index is 2.08. The summed E-state index contributed by atoms with van der Waals surface area (Å²) in [5, 5.41) is 0.364. The van der Waals surface area contributed by atoms with E-state index < -0.39 is 0 Å². The molecular weight excluding hydrogens is 228 g/mol. The Morgan fingerprint density at radius 2 is 2.25 bits per heavy atom. The molecule has 0 unspecified atom stereocenters. The predicted octanol–water partition coefficient (Wildman–Crippen LogP) is 2.12. The maximum Gasteiger partial charge on any atom is 0.165 e. The largest absolute Gasteiger partial charge is 0.467 e. The van der Waals surface area contributed by atoms with Crippen LogP contribution < -0.4 is 0 Å². The summed E-state index contributed by atoms with van der Waals surface area (Å²) in [5.74, 6) is 0.842. The van der Waals surface area contributed by atoms with Crippen molar-refractivity contribution in [3.8, 4) is 0 Å². The molecule has 6 heteroatoms. The molecule has 0 amide bonds. The van der Waals surface area contributed by atoms with Gasteiger partial charge in [0.2, 0.25) is 0 Å². The lowest BCUT2D eigenvalue weighted by molar-refractivity contribution is 0.495. The molecule has 3 aromatic heterocycles. The maximum atomic E-state index is 5.90. The highest BCUT2D eigenvalue weighted by molar-refractivity contribution is 6.33. The second kappa shape index (κ2) is 3.61. The number of fused-ring (bicyclic) bond motifs is 1. The van der Waals surface area contributed by atoms with Crippen LogP contribution >= 0.6 is 11.6 Å². The highest BCUT2D eigenvalue weighted by Gasteiger charge is 2.09. The van der Waals surface area contributed by atoms with E-state index in [1.807, 2.05) is 16.7 Å². The molecule has 0 aliphatic rings. The summed E-state index contributed by atoms with van der Waals surface area (Å²) in [6.45, 7) is 0.580. The summed E-state index contributed by atoms with van der Waals surface area (Å²) < 4.78 is 7.12. The molecule has 80 valence electrons. The van der Waals surface area contributed by atoms with Crippen molar-refractivity contribution < 1.29 is 4.42 Å². The van der Waals surface area contributed by atoms with Gasteiger partial charge in [0.25, 0.3) is 0 Å². The van der Waals surface area contributed by atoms with Gasteiger partial charge in [0.05, 0.1) is 19.1 Å². The molecule has 3 aromatic rings. The summed E-state index contributed by atoms with van der Waals surface area (Å²) in [7, 11) is 0. The van der Waals surface area contributed by atoms with Gasteiger partial charge in [0.15, 0.2) is 10.8 Å². The van der Waals surface area contributed by atoms with E-state index in [1.54, 1.807) is 12.6 Å². The fourth-order valence-corrected chi connectivity index (χ4v) is 1.72. The van der Waals surface area contributed by atoms with Crippen molar-refractivity contribution in [1.29, 1.82) is 0 Å². The van der Waals surface area contributed by atoms with Crippen molar-refractivity contribution in [3.05, 3.63) is 42.0 Å². The molecule has 16 heavy (non-hydrogen) atoms. The molecule has 0 saturated heterocycles. The van der Waals surface area contributed by atoms with Gasteiger partial charge in [-0.1, -0.05) is 11.6 Å². The van der Waals surface area contributed by atoms with Gasteiger partial charge in [0.1, 0.15) is 17.6 Å². The maximum absolute atomic E-state index is 5.90. The zero-order valence-corrected chi connectivity index (χ0v) is 8.92. The number of rotatable bonds is 2. The minimum Gasteiger partial charge on any atom is -0.467 e. The number of halogens is 1. The average molecular weight is 235 g/mol. The Morgan fingerprint density at radius 1 is 1.31 bits per heavy atom. The Kier molecular flexibility index (Phi) is 2.11. The third-order valence-corrected chi connectivity index (χ3v) is 2.54. The quantitative estimate of drug-likeness (QED) is 0.638. The monoisotopic (exact) mass is 234 g/mol. The minimum atomic E-state index is 0.364. The van der Waals surface area contributed by atoms with Gasteiger partial charge in [-0.3, -0.25) is 0 Å². The number of furan rings is 1. The van der Waals surface area contributed by atoms with Gasteiger partial charge >= 0.3 is 0 Å². The van der Waals surface area contributed by atoms with E-state index >= 15 is 0 Å². The second-order valence-electron chi connectivity index (χ2n) is 3.29. The van der Waals surface area contributed by atoms with Gasteiger partial charge in [-0.15, -0.1) is 0 Å². The smallest absolute Gasteiger partial charge is 0.165 e. The number of hydrogen-bond acceptors (Lipinski definition) is 4. The van der Waals surface area contributed by atoms with E-state index in [-0.39, 0.29) is 0 Å². The highest BCUT2D eigenvalue weighted by Crippen LogP contribution is 2.17. The number of aromatic nitrogens is 4. The lowest BCUT2D eigenvalue weighted by atomic mass is 10.4. The molecule has 3 heterocycles. The molecule has 0 radical (unpaired) electrons. The second-order valence-corrected chi connectivity index (χ2v) is 3.65. The molecule has 0 aliphatic heterocycles. The first-order chi connectivity index (χ1) is 7.84. The lowest BCUT2D eigenvalue weighted by Gasteiger charge is -1.99. The molecule has 0 fully saturated rings. The number of nitrogens with zero attached hydrogens (tertiary/aromatic N) is 4. The Hall–Kier alpha value is -1.88. The average Bonchev–Trinajstić information content (AvgIpc) is 2.90. The molecule has 0 aromatic carbocycles. The van der Waals surface area contributed by atoms with Crippen LogP contribution in [0.15, 0.2) is 35.5 Å². The van der Waals surface area contributed by atoms with Crippen LogP contribution in [0.2, 0.25) is 5.15 Å². The first-order valence-electron chi connectivity index (χ1n) is 4.68. The SMILES string of the molecule is Clc1ncnc2c1ncn2Cc1ccco1. The van der Waals surface area contributed by atoms with E-state index in [0.29, 0.717) is 22.9 Å². The van der Waals surface area contributed by atoms with Crippen molar-refractivity contribution in [2.45, 2.75) is 6.54 Å². The fraction of sp³-hybridized carbons (Fsp3) is 0.100. The first kappa shape index (κ1) is 9.35. The molecule has 0 bridgehead atoms. The molecular formula is C10H7ClN4O. The zero-order valence-electron chi connectivity index (χ0n) is 8.17. The van der Waals surface area contributed by atoms with Gasteiger partial charge in [0, 0.05) is 0 Å². The van der Waals surface area contributed by atoms with E-state index in [1.165, 1.54) is 6.33 Å². The Labute approximate surface area is 95.7 Å². The summed E-state index contributed by atoms with van der Waals surface area (Å²) in [5.41, 5.74) is 1.31. The summed E-state index contributed by atoms with van der Waals surface area (Å²) in [6, 6.07) is 3.74. The van der Waals surface area contributed by atoms with Crippen molar-refractivity contribution in [3.63, 3.8) is 0 Å². The van der Waals surface area contributed by atoms with E-state index in [9.17, 15) is 0 Å². The lowest BCUT2D eigenvalue weighted by Crippen LogP contribution is -1.98. The van der Waals surface area contributed by atoms with E-state index in [4.69, 9.17) is 16.0 Å². The van der Waals surface area contributed by atoms with Crippen LogP contribution in [0.4, 0.5) is 0 Å². The van der Waals surface area contributed by atoms with Gasteiger partial charge < -0.3 is 8.98 Å². The van der Waals surface area contributed by atoms with Crippen LogP contribution in [0.3, 0.4) is 0 Å². The summed E-state index contributed by atoms with van der Waals surface area (Å²) >= 11 is 5.90. The number of imidazole rings is 1. The fourth-order valence-electron chi connectivity index (χ4n) is 1.54. The highest BCUT2D eigenvalue weighted by atomic mass is 35.5. The molecule has 0 atom stereocenters. The molecule has 0 saturated carbocycles. The Bertz CT molecular complexity index is 617. The van der Waals surface area contributed by atoms with Gasteiger partial charge in [-0.05, 0) is 12.1 Å². The normalized spacial score (nSPS) is 11.1. The van der Waals surface area contributed by atoms with Crippen molar-refractivity contribution in [2.24, 2.45) is 0 Å². The summed E-state index contributed by atoms with van der Waals surface area (Å²) in [4.78, 5) is 12.2. The van der Waals surface area contributed by atoms with Crippen molar-refractivity contribution in [1.82, 2.24) is 19.5 Å². The third-order valence-electron chi connectivity index (χ3n) is 2.26. The van der Waals surface area contributed by atoms with Gasteiger partial charge in [-0.2, -0.15) is 0 Å². The third kappa shape index (κ3) is 1.45. The van der Waals surface area contributed by atoms with Crippen LogP contribution in [0.25, 0.3) is 11.2 Å². The molecule has 3 rings (SSSR count). The molecule has 0 spiro atoms. The van der Waals surface area contributed by atoms with Crippen molar-refractivity contribution in [2.75, 3.05) is 0 Å². The minimum absolute atomic E-state index is 0.364. The first-order valence-corrected chi connectivity index (χ1v) is 5.06. The topological polar surface area (TPSA) is 56.7 Å². The van der Waals surface area contributed by atoms with E-state index in [2.05, 4.69) is 15.0 Å². The molecule has 5 nitrogen and oxygen atoms in total. The molecule has 0 N–H and O–H groups in total. The van der Waals surface area contributed by atoms with Crippen LogP contribution in [0, 0.1) is 0 Å². The Morgan fingerprint density at radius 3 is 3.06 bits per heavy atom. The van der Waals surface area contributed by atoms with Gasteiger partial charge in [-0.25, -0.2) is 15.0 Å². The van der Waals surface area contributed by atoms with Crippen LogP contribution in [0.5, 0.6) is 0 Å². The van der Waals surface area contributed by atoms with E-state index in [0.717, 1.165) is 5.76 Å². The zero-order chi connectivity index (χ0) is 11.0. The standard InChI is InChI=1S/C10H7ClN4O/c11-9-8-10(13-5-12-9)15(6-14-8)4-7-2-1-3-16-7/h1-3,5-6H,4H2. The van der Waals surface area contributed by atoms with Crippen LogP contribution in [-0.4, -0.2) is 19.5 Å². The van der Waals surface area contributed by atoms with Crippen LogP contribution in [0.1, 0.15) is 5.76 Å². The molecule has 0 aliphatic carbocycles. The van der Waals surface area contributed by atoms with Crippen molar-refractivity contribution >= 4 is 22.8 Å². The van der Waals surface area contributed by atoms with Crippen LogP contribution in [-0.2, 0) is 6.54 Å². The number of hydrogen-bond donors (Lipinski definition) is 0. The summed E-state index contributed by atoms with van der Waals surface area (Å²) in [6.07, 6.45) is 4.73.